The van der Waals surface area contributed by atoms with Crippen LogP contribution in [0.3, 0.4) is 0 Å². The fourth-order valence-electron chi connectivity index (χ4n) is 1.80. The largest absolute Gasteiger partial charge is 0.479 e. The van der Waals surface area contributed by atoms with Gasteiger partial charge in [-0.05, 0) is 35.0 Å². The molecule has 0 aliphatic rings. The predicted octanol–water partition coefficient (Wildman–Crippen LogP) is 1.75. The number of pyridine rings is 1. The molecule has 21 heavy (non-hydrogen) atoms. The number of hydrogen-bond acceptors (Lipinski definition) is 6. The number of carboxylic acids is 1. The highest BCUT2D eigenvalue weighted by Gasteiger charge is 2.49. The third kappa shape index (κ3) is 4.21. The Labute approximate surface area is 131 Å². The van der Waals surface area contributed by atoms with E-state index in [2.05, 4.69) is 20.9 Å². The standard InChI is InChI=1S/C13H18BrNO6/c1-9(20-7-18-2)13(12(16)17,21-8-19-3)10-5-4-6-11(14)15-10/h4-6,9H,7-8H2,1-3H3,(H,16,17). The van der Waals surface area contributed by atoms with E-state index in [0.717, 1.165) is 0 Å². The van der Waals surface area contributed by atoms with Crippen molar-refractivity contribution in [2.45, 2.75) is 18.6 Å². The summed E-state index contributed by atoms with van der Waals surface area (Å²) in [6.45, 7) is 1.28. The maximum Gasteiger partial charge on any atom is 0.345 e. The fourth-order valence-corrected chi connectivity index (χ4v) is 2.14. The monoisotopic (exact) mass is 363 g/mol. The van der Waals surface area contributed by atoms with Crippen molar-refractivity contribution in [3.05, 3.63) is 28.5 Å². The van der Waals surface area contributed by atoms with Crippen LogP contribution in [0.25, 0.3) is 0 Å². The molecule has 118 valence electrons. The van der Waals surface area contributed by atoms with Crippen molar-refractivity contribution in [2.24, 2.45) is 0 Å². The van der Waals surface area contributed by atoms with Gasteiger partial charge in [0.2, 0.25) is 5.60 Å². The van der Waals surface area contributed by atoms with Gasteiger partial charge in [-0.3, -0.25) is 0 Å². The lowest BCUT2D eigenvalue weighted by Gasteiger charge is -2.33. The summed E-state index contributed by atoms with van der Waals surface area (Å²) >= 11 is 3.22. The van der Waals surface area contributed by atoms with Crippen LogP contribution in [-0.4, -0.2) is 50.0 Å². The molecule has 1 heterocycles. The Kier molecular flexibility index (Phi) is 7.20. The Morgan fingerprint density at radius 1 is 1.38 bits per heavy atom. The second-order valence-electron chi connectivity index (χ2n) is 4.15. The van der Waals surface area contributed by atoms with Gasteiger partial charge in [0.1, 0.15) is 24.3 Å². The zero-order valence-corrected chi connectivity index (χ0v) is 13.6. The summed E-state index contributed by atoms with van der Waals surface area (Å²) in [5.74, 6) is -1.23. The van der Waals surface area contributed by atoms with E-state index in [9.17, 15) is 9.90 Å². The number of aromatic nitrogens is 1. The van der Waals surface area contributed by atoms with Crippen LogP contribution in [0.4, 0.5) is 0 Å². The Bertz CT molecular complexity index is 472. The first-order chi connectivity index (χ1) is 9.98. The highest BCUT2D eigenvalue weighted by molar-refractivity contribution is 9.10. The molecular formula is C13H18BrNO6. The fraction of sp³-hybridized carbons (Fsp3) is 0.538. The molecule has 0 fully saturated rings. The summed E-state index contributed by atoms with van der Waals surface area (Å²) in [4.78, 5) is 16.1. The number of halogens is 1. The van der Waals surface area contributed by atoms with Crippen LogP contribution in [0, 0.1) is 0 Å². The third-order valence-corrected chi connectivity index (χ3v) is 3.27. The SMILES string of the molecule is COCOC(C)C(OCOC)(C(=O)O)c1cccc(Br)n1. The zero-order valence-electron chi connectivity index (χ0n) is 12.0. The molecule has 7 nitrogen and oxygen atoms in total. The molecule has 0 aromatic carbocycles. The first kappa shape index (κ1) is 18.0. The van der Waals surface area contributed by atoms with Crippen molar-refractivity contribution < 1.29 is 28.8 Å². The van der Waals surface area contributed by atoms with Crippen LogP contribution in [-0.2, 0) is 29.3 Å². The van der Waals surface area contributed by atoms with Crippen LogP contribution >= 0.6 is 15.9 Å². The van der Waals surface area contributed by atoms with Crippen molar-refractivity contribution in [2.75, 3.05) is 27.8 Å². The average molecular weight is 364 g/mol. The molecular weight excluding hydrogens is 346 g/mol. The number of carboxylic acid groups (broad SMARTS) is 1. The van der Waals surface area contributed by atoms with Crippen molar-refractivity contribution in [3.63, 3.8) is 0 Å². The van der Waals surface area contributed by atoms with E-state index >= 15 is 0 Å². The van der Waals surface area contributed by atoms with Crippen LogP contribution < -0.4 is 0 Å². The number of rotatable bonds is 9. The molecule has 0 aliphatic heterocycles. The quantitative estimate of drug-likeness (QED) is 0.528. The second-order valence-corrected chi connectivity index (χ2v) is 4.97. The maximum atomic E-state index is 11.9. The molecule has 1 N–H and O–H groups in total. The Morgan fingerprint density at radius 2 is 2.05 bits per heavy atom. The first-order valence-corrected chi connectivity index (χ1v) is 6.88. The van der Waals surface area contributed by atoms with E-state index in [0.29, 0.717) is 4.60 Å². The predicted molar refractivity (Wildman–Crippen MR) is 76.6 cm³/mol. The number of carbonyl (C=O) groups is 1. The molecule has 0 saturated carbocycles. The van der Waals surface area contributed by atoms with Gasteiger partial charge in [0, 0.05) is 14.2 Å². The van der Waals surface area contributed by atoms with Crippen LogP contribution in [0.5, 0.6) is 0 Å². The summed E-state index contributed by atoms with van der Waals surface area (Å²) < 4.78 is 21.0. The molecule has 0 saturated heterocycles. The van der Waals surface area contributed by atoms with E-state index in [1.54, 1.807) is 25.1 Å². The summed E-state index contributed by atoms with van der Waals surface area (Å²) in [5.41, 5.74) is -1.61. The Balaban J connectivity index is 3.26. The lowest BCUT2D eigenvalue weighted by Crippen LogP contribution is -2.50. The third-order valence-electron chi connectivity index (χ3n) is 2.83. The van der Waals surface area contributed by atoms with Crippen molar-refractivity contribution >= 4 is 21.9 Å². The first-order valence-electron chi connectivity index (χ1n) is 6.08. The van der Waals surface area contributed by atoms with E-state index in [1.165, 1.54) is 14.2 Å². The minimum absolute atomic E-state index is 0.0689. The molecule has 0 amide bonds. The van der Waals surface area contributed by atoms with Gasteiger partial charge >= 0.3 is 5.97 Å². The van der Waals surface area contributed by atoms with E-state index in [1.807, 2.05) is 0 Å². The van der Waals surface area contributed by atoms with Crippen molar-refractivity contribution in [1.29, 1.82) is 0 Å². The zero-order chi connectivity index (χ0) is 15.9. The van der Waals surface area contributed by atoms with Gasteiger partial charge < -0.3 is 24.1 Å². The van der Waals surface area contributed by atoms with Crippen LogP contribution in [0.1, 0.15) is 12.6 Å². The van der Waals surface area contributed by atoms with Crippen LogP contribution in [0.15, 0.2) is 22.8 Å². The smallest absolute Gasteiger partial charge is 0.345 e. The number of aliphatic carboxylic acids is 1. The van der Waals surface area contributed by atoms with E-state index in [4.69, 9.17) is 18.9 Å². The molecule has 2 atom stereocenters. The summed E-state index contributed by atoms with van der Waals surface area (Å²) in [6.07, 6.45) is -0.855. The number of hydrogen-bond donors (Lipinski definition) is 1. The molecule has 1 rings (SSSR count). The van der Waals surface area contributed by atoms with E-state index in [-0.39, 0.29) is 19.3 Å². The number of ether oxygens (including phenoxy) is 4. The summed E-state index contributed by atoms with van der Waals surface area (Å²) in [5, 5.41) is 9.71. The lowest BCUT2D eigenvalue weighted by atomic mass is 9.92. The minimum atomic E-state index is -1.81. The molecule has 2 unspecified atom stereocenters. The highest BCUT2D eigenvalue weighted by atomic mass is 79.9. The average Bonchev–Trinajstić information content (AvgIpc) is 2.45. The molecule has 0 aliphatic carbocycles. The number of nitrogens with zero attached hydrogens (tertiary/aromatic N) is 1. The minimum Gasteiger partial charge on any atom is -0.479 e. The van der Waals surface area contributed by atoms with Crippen LogP contribution in [0.2, 0.25) is 0 Å². The van der Waals surface area contributed by atoms with Gasteiger partial charge in [-0.25, -0.2) is 9.78 Å². The van der Waals surface area contributed by atoms with Crippen molar-refractivity contribution in [1.82, 2.24) is 4.98 Å². The summed E-state index contributed by atoms with van der Waals surface area (Å²) in [6, 6.07) is 4.91. The normalized spacial score (nSPS) is 15.4. The van der Waals surface area contributed by atoms with Gasteiger partial charge in [-0.15, -0.1) is 0 Å². The Hall–Kier alpha value is -1.06. The highest BCUT2D eigenvalue weighted by Crippen LogP contribution is 2.32. The van der Waals surface area contributed by atoms with Gasteiger partial charge in [0.25, 0.3) is 0 Å². The molecule has 0 bridgehead atoms. The molecule has 0 spiro atoms. The van der Waals surface area contributed by atoms with Gasteiger partial charge in [0.15, 0.2) is 0 Å². The molecule has 8 heteroatoms. The topological polar surface area (TPSA) is 87.1 Å². The van der Waals surface area contributed by atoms with Gasteiger partial charge in [0.05, 0.1) is 5.69 Å². The lowest BCUT2D eigenvalue weighted by molar-refractivity contribution is -0.224. The molecule has 0 radical (unpaired) electrons. The maximum absolute atomic E-state index is 11.9. The molecule has 1 aromatic heterocycles. The van der Waals surface area contributed by atoms with Gasteiger partial charge in [-0.2, -0.15) is 0 Å². The Morgan fingerprint density at radius 3 is 2.57 bits per heavy atom. The molecule has 1 aromatic rings. The van der Waals surface area contributed by atoms with Crippen molar-refractivity contribution in [3.8, 4) is 0 Å². The van der Waals surface area contributed by atoms with Gasteiger partial charge in [-0.1, -0.05) is 6.07 Å². The van der Waals surface area contributed by atoms with E-state index < -0.39 is 17.7 Å². The second kappa shape index (κ2) is 8.40. The number of methoxy groups -OCH3 is 2. The summed E-state index contributed by atoms with van der Waals surface area (Å²) in [7, 11) is 2.85.